The van der Waals surface area contributed by atoms with Crippen LogP contribution in [0.15, 0.2) is 49.1 Å². The molecule has 9 heteroatoms. The number of benzene rings is 2. The topological polar surface area (TPSA) is 111 Å². The molecular formula is C22H20N2O7. The highest BCUT2D eigenvalue weighted by molar-refractivity contribution is 6.22. The number of amides is 3. The standard InChI is InChI=1S/C22H20N2O7/c1-4-7-24-20(26)17-6-5-13(8-18(17)21(24)27)22(28)31-12-19(25)23-14-9-15(29-2)11-16(10-14)30-3/h4-6,8-11H,1,7,12H2,2-3H3,(H,23,25). The number of carbonyl (C=O) groups is 4. The smallest absolute Gasteiger partial charge is 0.338 e. The maximum absolute atomic E-state index is 12.4. The number of anilines is 1. The van der Waals surface area contributed by atoms with E-state index in [1.807, 2.05) is 0 Å². The van der Waals surface area contributed by atoms with Crippen LogP contribution in [0.25, 0.3) is 0 Å². The van der Waals surface area contributed by atoms with E-state index in [9.17, 15) is 19.2 Å². The number of nitrogens with zero attached hydrogens (tertiary/aromatic N) is 1. The summed E-state index contributed by atoms with van der Waals surface area (Å²) in [6.45, 7) is 3.04. The van der Waals surface area contributed by atoms with E-state index in [0.29, 0.717) is 17.2 Å². The van der Waals surface area contributed by atoms with Gasteiger partial charge in [-0.15, -0.1) is 6.58 Å². The second-order valence-corrected chi connectivity index (χ2v) is 6.50. The molecule has 1 aliphatic heterocycles. The third-order valence-electron chi connectivity index (χ3n) is 4.49. The third-order valence-corrected chi connectivity index (χ3v) is 4.49. The molecule has 0 radical (unpaired) electrons. The predicted octanol–water partition coefficient (Wildman–Crippen LogP) is 2.28. The predicted molar refractivity (Wildman–Crippen MR) is 110 cm³/mol. The lowest BCUT2D eigenvalue weighted by Crippen LogP contribution is -2.29. The van der Waals surface area contributed by atoms with Gasteiger partial charge in [0, 0.05) is 30.4 Å². The summed E-state index contributed by atoms with van der Waals surface area (Å²) < 4.78 is 15.3. The van der Waals surface area contributed by atoms with E-state index in [1.165, 1.54) is 38.5 Å². The molecule has 1 N–H and O–H groups in total. The Labute approximate surface area is 178 Å². The first-order chi connectivity index (χ1) is 14.9. The Kier molecular flexibility index (Phi) is 6.35. The zero-order valence-electron chi connectivity index (χ0n) is 17.0. The van der Waals surface area contributed by atoms with Crippen molar-refractivity contribution in [3.8, 4) is 11.5 Å². The minimum absolute atomic E-state index is 0.0520. The highest BCUT2D eigenvalue weighted by atomic mass is 16.5. The minimum atomic E-state index is -0.802. The SMILES string of the molecule is C=CCN1C(=O)c2ccc(C(=O)OCC(=O)Nc3cc(OC)cc(OC)c3)cc2C1=O. The summed E-state index contributed by atoms with van der Waals surface area (Å²) in [5, 5.41) is 2.58. The lowest BCUT2D eigenvalue weighted by atomic mass is 10.1. The van der Waals surface area contributed by atoms with Crippen molar-refractivity contribution in [3.63, 3.8) is 0 Å². The van der Waals surface area contributed by atoms with Gasteiger partial charge in [0.25, 0.3) is 17.7 Å². The van der Waals surface area contributed by atoms with Crippen molar-refractivity contribution in [3.05, 3.63) is 65.7 Å². The van der Waals surface area contributed by atoms with Gasteiger partial charge in [-0.3, -0.25) is 19.3 Å². The van der Waals surface area contributed by atoms with E-state index in [2.05, 4.69) is 11.9 Å². The van der Waals surface area contributed by atoms with Crippen LogP contribution in [0.3, 0.4) is 0 Å². The van der Waals surface area contributed by atoms with Crippen molar-refractivity contribution < 1.29 is 33.4 Å². The highest BCUT2D eigenvalue weighted by Crippen LogP contribution is 2.26. The Morgan fingerprint density at radius 1 is 1.00 bits per heavy atom. The van der Waals surface area contributed by atoms with Crippen LogP contribution >= 0.6 is 0 Å². The van der Waals surface area contributed by atoms with E-state index in [0.717, 1.165) is 4.90 Å². The van der Waals surface area contributed by atoms with E-state index < -0.39 is 30.3 Å². The summed E-state index contributed by atoms with van der Waals surface area (Å²) in [5.74, 6) is -1.38. The molecule has 0 unspecified atom stereocenters. The number of imide groups is 1. The molecule has 0 saturated heterocycles. The summed E-state index contributed by atoms with van der Waals surface area (Å²) >= 11 is 0. The van der Waals surface area contributed by atoms with Crippen molar-refractivity contribution in [2.24, 2.45) is 0 Å². The van der Waals surface area contributed by atoms with Gasteiger partial charge in [0.15, 0.2) is 6.61 Å². The lowest BCUT2D eigenvalue weighted by molar-refractivity contribution is -0.119. The van der Waals surface area contributed by atoms with Crippen LogP contribution in [0.2, 0.25) is 0 Å². The minimum Gasteiger partial charge on any atom is -0.497 e. The van der Waals surface area contributed by atoms with Gasteiger partial charge in [0.1, 0.15) is 11.5 Å². The van der Waals surface area contributed by atoms with Gasteiger partial charge in [-0.25, -0.2) is 4.79 Å². The maximum atomic E-state index is 12.4. The molecule has 9 nitrogen and oxygen atoms in total. The molecule has 3 amide bonds. The fourth-order valence-electron chi connectivity index (χ4n) is 3.00. The molecule has 2 aromatic rings. The van der Waals surface area contributed by atoms with Gasteiger partial charge in [-0.05, 0) is 18.2 Å². The molecule has 3 rings (SSSR count). The average molecular weight is 424 g/mol. The zero-order chi connectivity index (χ0) is 22.5. The third kappa shape index (κ3) is 4.55. The summed E-state index contributed by atoms with van der Waals surface area (Å²) in [5.41, 5.74) is 0.764. The highest BCUT2D eigenvalue weighted by Gasteiger charge is 2.35. The van der Waals surface area contributed by atoms with Gasteiger partial charge in [-0.1, -0.05) is 6.08 Å². The molecule has 160 valence electrons. The molecule has 0 aliphatic carbocycles. The van der Waals surface area contributed by atoms with E-state index in [-0.39, 0.29) is 23.2 Å². The monoisotopic (exact) mass is 424 g/mol. The van der Waals surface area contributed by atoms with Gasteiger partial charge in [0.2, 0.25) is 0 Å². The molecule has 1 aliphatic rings. The lowest BCUT2D eigenvalue weighted by Gasteiger charge is -2.10. The van der Waals surface area contributed by atoms with Gasteiger partial charge < -0.3 is 19.5 Å². The first kappa shape index (κ1) is 21.6. The number of hydrogen-bond donors (Lipinski definition) is 1. The van der Waals surface area contributed by atoms with Crippen molar-refractivity contribution in [1.29, 1.82) is 0 Å². The van der Waals surface area contributed by atoms with Crippen LogP contribution in [0.5, 0.6) is 11.5 Å². The molecule has 0 aromatic heterocycles. The maximum Gasteiger partial charge on any atom is 0.338 e. The van der Waals surface area contributed by atoms with E-state index in [1.54, 1.807) is 18.2 Å². The Hall–Kier alpha value is -4.14. The fourth-order valence-corrected chi connectivity index (χ4v) is 3.00. The molecule has 31 heavy (non-hydrogen) atoms. The number of fused-ring (bicyclic) bond motifs is 1. The normalized spacial score (nSPS) is 12.3. The molecule has 0 atom stereocenters. The number of carbonyl (C=O) groups excluding carboxylic acids is 4. The van der Waals surface area contributed by atoms with Crippen molar-refractivity contribution in [2.45, 2.75) is 0 Å². The van der Waals surface area contributed by atoms with E-state index >= 15 is 0 Å². The first-order valence-corrected chi connectivity index (χ1v) is 9.19. The van der Waals surface area contributed by atoms with Crippen LogP contribution in [0.1, 0.15) is 31.1 Å². The van der Waals surface area contributed by atoms with Crippen LogP contribution in [0, 0.1) is 0 Å². The molecule has 0 bridgehead atoms. The average Bonchev–Trinajstić information content (AvgIpc) is 3.01. The number of esters is 1. The molecule has 0 saturated carbocycles. The van der Waals surface area contributed by atoms with Crippen LogP contribution < -0.4 is 14.8 Å². The number of ether oxygens (including phenoxy) is 3. The Morgan fingerprint density at radius 2 is 1.65 bits per heavy atom. The van der Waals surface area contributed by atoms with Crippen LogP contribution in [-0.4, -0.2) is 56.0 Å². The Morgan fingerprint density at radius 3 is 2.26 bits per heavy atom. The molecular weight excluding hydrogens is 404 g/mol. The van der Waals surface area contributed by atoms with Crippen LogP contribution in [-0.2, 0) is 9.53 Å². The zero-order valence-corrected chi connectivity index (χ0v) is 17.0. The van der Waals surface area contributed by atoms with Crippen molar-refractivity contribution in [2.75, 3.05) is 32.7 Å². The second kappa shape index (κ2) is 9.12. The number of rotatable bonds is 8. The van der Waals surface area contributed by atoms with Gasteiger partial charge >= 0.3 is 5.97 Å². The van der Waals surface area contributed by atoms with E-state index in [4.69, 9.17) is 14.2 Å². The molecule has 0 spiro atoms. The summed E-state index contributed by atoms with van der Waals surface area (Å²) in [4.78, 5) is 50.1. The van der Waals surface area contributed by atoms with Crippen LogP contribution in [0.4, 0.5) is 5.69 Å². The molecule has 0 fully saturated rings. The Balaban J connectivity index is 1.64. The van der Waals surface area contributed by atoms with Crippen molar-refractivity contribution >= 4 is 29.4 Å². The quantitative estimate of drug-likeness (QED) is 0.393. The number of methoxy groups -OCH3 is 2. The number of hydrogen-bond acceptors (Lipinski definition) is 7. The fraction of sp³-hybridized carbons (Fsp3) is 0.182. The molecule has 1 heterocycles. The summed E-state index contributed by atoms with van der Waals surface area (Å²) in [6, 6.07) is 8.85. The van der Waals surface area contributed by atoms with Crippen molar-refractivity contribution in [1.82, 2.24) is 4.90 Å². The van der Waals surface area contributed by atoms with Gasteiger partial charge in [0.05, 0.1) is 30.9 Å². The Bertz CT molecular complexity index is 1060. The summed E-state index contributed by atoms with van der Waals surface area (Å²) in [7, 11) is 2.96. The largest absolute Gasteiger partial charge is 0.497 e. The van der Waals surface area contributed by atoms with Gasteiger partial charge in [-0.2, -0.15) is 0 Å². The number of nitrogens with one attached hydrogen (secondary N) is 1. The first-order valence-electron chi connectivity index (χ1n) is 9.19. The molecule has 2 aromatic carbocycles. The summed E-state index contributed by atoms with van der Waals surface area (Å²) in [6.07, 6.45) is 1.44. The second-order valence-electron chi connectivity index (χ2n) is 6.50.